The highest BCUT2D eigenvalue weighted by Gasteiger charge is 2.21. The molecule has 1 aliphatic heterocycles. The molecule has 2 aromatic rings. The van der Waals surface area contributed by atoms with E-state index in [9.17, 15) is 20.1 Å². The molecule has 7 heteroatoms. The summed E-state index contributed by atoms with van der Waals surface area (Å²) in [5.74, 6) is -0.358. The molecule has 0 aliphatic carbocycles. The summed E-state index contributed by atoms with van der Waals surface area (Å²) in [7, 11) is 1.47. The molecule has 0 fully saturated rings. The molecule has 1 aliphatic rings. The number of phenols is 3. The predicted octanol–water partition coefficient (Wildman–Crippen LogP) is 1.97. The van der Waals surface area contributed by atoms with E-state index in [1.807, 2.05) is 0 Å². The molecule has 7 nitrogen and oxygen atoms in total. The molecule has 0 aromatic heterocycles. The summed E-state index contributed by atoms with van der Waals surface area (Å²) in [5, 5.41) is 28.6. The molecule has 0 saturated heterocycles. The Morgan fingerprint density at radius 3 is 2.39 bits per heavy atom. The first-order valence-electron chi connectivity index (χ1n) is 6.74. The van der Waals surface area contributed by atoms with E-state index in [0.717, 1.165) is 12.1 Å². The number of ketones is 1. The van der Waals surface area contributed by atoms with Gasteiger partial charge in [-0.2, -0.15) is 0 Å². The van der Waals surface area contributed by atoms with Crippen molar-refractivity contribution in [3.05, 3.63) is 35.4 Å². The van der Waals surface area contributed by atoms with E-state index in [4.69, 9.17) is 14.2 Å². The minimum Gasteiger partial charge on any atom is -0.507 e. The molecule has 3 N–H and O–H groups in total. The standard InChI is InChI=1S/C16H14O7/c1-21-14-6-16-15(22-7-23-16)3-8(14)2-10(17)9-4-12(19)13(20)5-11(9)18/h3-6,18-20H,2,7H2,1H3. The summed E-state index contributed by atoms with van der Waals surface area (Å²) in [6.45, 7) is 0.0997. The molecule has 0 saturated carbocycles. The van der Waals surface area contributed by atoms with Gasteiger partial charge in [0.15, 0.2) is 28.8 Å². The summed E-state index contributed by atoms with van der Waals surface area (Å²) in [6, 6.07) is 5.20. The average molecular weight is 318 g/mol. The second kappa shape index (κ2) is 5.60. The van der Waals surface area contributed by atoms with Crippen LogP contribution in [0.3, 0.4) is 0 Å². The lowest BCUT2D eigenvalue weighted by Crippen LogP contribution is -2.05. The van der Waals surface area contributed by atoms with Crippen LogP contribution in [0.25, 0.3) is 0 Å². The number of benzene rings is 2. The molecule has 3 rings (SSSR count). The van der Waals surface area contributed by atoms with Gasteiger partial charge in [-0.15, -0.1) is 0 Å². The van der Waals surface area contributed by atoms with Crippen LogP contribution in [0, 0.1) is 0 Å². The quantitative estimate of drug-likeness (QED) is 0.449. The lowest BCUT2D eigenvalue weighted by Gasteiger charge is -2.10. The van der Waals surface area contributed by atoms with E-state index < -0.39 is 23.0 Å². The first kappa shape index (κ1) is 14.8. The first-order valence-corrected chi connectivity index (χ1v) is 6.74. The Labute approximate surface area is 131 Å². The van der Waals surface area contributed by atoms with Crippen LogP contribution in [0.2, 0.25) is 0 Å². The van der Waals surface area contributed by atoms with Crippen molar-refractivity contribution >= 4 is 5.78 Å². The lowest BCUT2D eigenvalue weighted by atomic mass is 10.0. The highest BCUT2D eigenvalue weighted by atomic mass is 16.7. The Bertz CT molecular complexity index is 782. The monoisotopic (exact) mass is 318 g/mol. The number of fused-ring (bicyclic) bond motifs is 1. The fourth-order valence-corrected chi connectivity index (χ4v) is 2.35. The number of ether oxygens (including phenoxy) is 3. The van der Waals surface area contributed by atoms with Crippen molar-refractivity contribution in [1.82, 2.24) is 0 Å². The van der Waals surface area contributed by atoms with Crippen LogP contribution in [-0.2, 0) is 6.42 Å². The number of carbonyl (C=O) groups excluding carboxylic acids is 1. The summed E-state index contributed by atoms with van der Waals surface area (Å²) >= 11 is 0. The highest BCUT2D eigenvalue weighted by molar-refractivity contribution is 6.00. The molecular formula is C16H14O7. The van der Waals surface area contributed by atoms with Crippen molar-refractivity contribution in [3.63, 3.8) is 0 Å². The van der Waals surface area contributed by atoms with Crippen molar-refractivity contribution in [1.29, 1.82) is 0 Å². The number of hydrogen-bond acceptors (Lipinski definition) is 7. The van der Waals surface area contributed by atoms with Gasteiger partial charge >= 0.3 is 0 Å². The number of phenolic OH excluding ortho intramolecular Hbond substituents is 3. The zero-order valence-electron chi connectivity index (χ0n) is 12.2. The van der Waals surface area contributed by atoms with Crippen molar-refractivity contribution in [3.8, 4) is 34.5 Å². The number of methoxy groups -OCH3 is 1. The van der Waals surface area contributed by atoms with E-state index >= 15 is 0 Å². The van der Waals surface area contributed by atoms with Crippen molar-refractivity contribution in [2.75, 3.05) is 13.9 Å². The van der Waals surface area contributed by atoms with Gasteiger partial charge in [0.25, 0.3) is 0 Å². The Morgan fingerprint density at radius 2 is 1.70 bits per heavy atom. The molecule has 23 heavy (non-hydrogen) atoms. The van der Waals surface area contributed by atoms with Gasteiger partial charge in [0.1, 0.15) is 11.5 Å². The van der Waals surface area contributed by atoms with E-state index in [-0.39, 0.29) is 18.8 Å². The largest absolute Gasteiger partial charge is 0.507 e. The normalized spacial score (nSPS) is 12.2. The Morgan fingerprint density at radius 1 is 1.04 bits per heavy atom. The number of aromatic hydroxyl groups is 3. The summed E-state index contributed by atoms with van der Waals surface area (Å²) in [5.41, 5.74) is 0.453. The van der Waals surface area contributed by atoms with Crippen molar-refractivity contribution in [2.24, 2.45) is 0 Å². The van der Waals surface area contributed by atoms with Gasteiger partial charge in [-0.05, 0) is 12.1 Å². The molecular weight excluding hydrogens is 304 g/mol. The number of hydrogen-bond donors (Lipinski definition) is 3. The predicted molar refractivity (Wildman–Crippen MR) is 78.6 cm³/mol. The van der Waals surface area contributed by atoms with Crippen LogP contribution < -0.4 is 14.2 Å². The molecule has 2 aromatic carbocycles. The minimum atomic E-state index is -0.500. The third-order valence-electron chi connectivity index (χ3n) is 3.52. The summed E-state index contributed by atoms with van der Waals surface area (Å²) < 4.78 is 15.8. The maximum atomic E-state index is 12.4. The maximum absolute atomic E-state index is 12.4. The fourth-order valence-electron chi connectivity index (χ4n) is 2.35. The Balaban J connectivity index is 1.93. The van der Waals surface area contributed by atoms with Crippen LogP contribution in [0.1, 0.15) is 15.9 Å². The van der Waals surface area contributed by atoms with Gasteiger partial charge < -0.3 is 29.5 Å². The van der Waals surface area contributed by atoms with Gasteiger partial charge in [-0.1, -0.05) is 0 Å². The van der Waals surface area contributed by atoms with Gasteiger partial charge in [-0.25, -0.2) is 0 Å². The molecule has 0 spiro atoms. The van der Waals surface area contributed by atoms with E-state index in [0.29, 0.717) is 22.8 Å². The van der Waals surface area contributed by atoms with Crippen LogP contribution in [0.5, 0.6) is 34.5 Å². The molecule has 0 bridgehead atoms. The molecule has 0 radical (unpaired) electrons. The molecule has 120 valence electrons. The van der Waals surface area contributed by atoms with E-state index in [1.165, 1.54) is 7.11 Å². The SMILES string of the molecule is COc1cc2c(cc1CC(=O)c1cc(O)c(O)cc1O)OCO2. The molecule has 0 unspecified atom stereocenters. The minimum absolute atomic E-state index is 0.0857. The van der Waals surface area contributed by atoms with Gasteiger partial charge in [0.05, 0.1) is 12.7 Å². The first-order chi connectivity index (χ1) is 11.0. The van der Waals surface area contributed by atoms with Crippen molar-refractivity contribution < 1.29 is 34.3 Å². The summed E-state index contributed by atoms with van der Waals surface area (Å²) in [4.78, 5) is 12.4. The third kappa shape index (κ3) is 2.68. The smallest absolute Gasteiger partial charge is 0.231 e. The van der Waals surface area contributed by atoms with Crippen LogP contribution in [0.4, 0.5) is 0 Å². The third-order valence-corrected chi connectivity index (χ3v) is 3.52. The zero-order valence-corrected chi connectivity index (χ0v) is 12.2. The lowest BCUT2D eigenvalue weighted by molar-refractivity contribution is 0.0989. The van der Waals surface area contributed by atoms with E-state index in [1.54, 1.807) is 12.1 Å². The van der Waals surface area contributed by atoms with Gasteiger partial charge in [0, 0.05) is 24.1 Å². The van der Waals surface area contributed by atoms with Crippen LogP contribution in [-0.4, -0.2) is 35.0 Å². The van der Waals surface area contributed by atoms with Gasteiger partial charge in [0.2, 0.25) is 6.79 Å². The number of Topliss-reactive ketones (excluding diaryl/α,β-unsaturated/α-hetero) is 1. The number of carbonyl (C=O) groups is 1. The highest BCUT2D eigenvalue weighted by Crippen LogP contribution is 2.39. The van der Waals surface area contributed by atoms with Crippen LogP contribution in [0.15, 0.2) is 24.3 Å². The molecule has 0 amide bonds. The molecule has 1 heterocycles. The Kier molecular flexibility index (Phi) is 3.61. The maximum Gasteiger partial charge on any atom is 0.231 e. The fraction of sp³-hybridized carbons (Fsp3) is 0.188. The van der Waals surface area contributed by atoms with E-state index in [2.05, 4.69) is 0 Å². The van der Waals surface area contributed by atoms with Gasteiger partial charge in [-0.3, -0.25) is 4.79 Å². The second-order valence-electron chi connectivity index (χ2n) is 4.98. The topological polar surface area (TPSA) is 105 Å². The summed E-state index contributed by atoms with van der Waals surface area (Å²) in [6.07, 6.45) is -0.0857. The molecule has 0 atom stereocenters. The second-order valence-corrected chi connectivity index (χ2v) is 4.98. The van der Waals surface area contributed by atoms with Crippen LogP contribution >= 0.6 is 0 Å². The number of rotatable bonds is 4. The van der Waals surface area contributed by atoms with Crippen molar-refractivity contribution in [2.45, 2.75) is 6.42 Å². The zero-order chi connectivity index (χ0) is 16.6. The average Bonchev–Trinajstić information content (AvgIpc) is 2.97. The Hall–Kier alpha value is -3.09.